The number of rotatable bonds is 8. The van der Waals surface area contributed by atoms with Crippen molar-refractivity contribution in [2.75, 3.05) is 37.5 Å². The number of aldehydes is 1. The molecule has 12 nitrogen and oxygen atoms in total. The van der Waals surface area contributed by atoms with Crippen LogP contribution in [0.2, 0.25) is 0 Å². The third-order valence-corrected chi connectivity index (χ3v) is 7.48. The molecule has 3 aliphatic rings. The van der Waals surface area contributed by atoms with Crippen molar-refractivity contribution in [3.63, 3.8) is 0 Å². The number of carbonyl (C=O) groups is 3. The summed E-state index contributed by atoms with van der Waals surface area (Å²) in [7, 11) is 3.13. The molecule has 2 fully saturated rings. The number of pyridine rings is 2. The molecule has 2 aromatic heterocycles. The summed E-state index contributed by atoms with van der Waals surface area (Å²) in [4.78, 5) is 49.6. The molecule has 3 unspecified atom stereocenters. The quantitative estimate of drug-likeness (QED) is 0.504. The first-order chi connectivity index (χ1) is 18.9. The Kier molecular flexibility index (Phi) is 7.72. The number of amides is 3. The third-order valence-electron chi connectivity index (χ3n) is 7.48. The standard InChI is InChI=1S/C27H30N6O6/c1-37-20-5-6-21(20)39-23-11-24(29-13-18(23)12-28)31-27(36)33-8-3-4-16-10-17(19(15-34)30-25(16)33)14-32-9-7-22(38-2)26(32)35/h10-11,13,15,20-22H,3-9,14H2,1-2H3,(H,29,31,36). The van der Waals surface area contributed by atoms with Gasteiger partial charge in [-0.2, -0.15) is 5.26 Å². The first kappa shape index (κ1) is 26.5. The van der Waals surface area contributed by atoms with Gasteiger partial charge >= 0.3 is 6.03 Å². The van der Waals surface area contributed by atoms with Crippen LogP contribution in [0.3, 0.4) is 0 Å². The minimum Gasteiger partial charge on any atom is -0.486 e. The average molecular weight is 535 g/mol. The number of likely N-dealkylation sites (tertiary alicyclic amines) is 1. The first-order valence-electron chi connectivity index (χ1n) is 12.9. The number of aromatic nitrogens is 2. The zero-order chi connectivity index (χ0) is 27.5. The monoisotopic (exact) mass is 534 g/mol. The minimum absolute atomic E-state index is 0.0411. The fourth-order valence-corrected chi connectivity index (χ4v) is 5.15. The predicted molar refractivity (Wildman–Crippen MR) is 139 cm³/mol. The summed E-state index contributed by atoms with van der Waals surface area (Å²) in [5.74, 6) is 0.838. The van der Waals surface area contributed by atoms with E-state index in [4.69, 9.17) is 14.2 Å². The Bertz CT molecular complexity index is 1320. The summed E-state index contributed by atoms with van der Waals surface area (Å²) in [6, 6.07) is 4.98. The molecule has 5 rings (SSSR count). The molecular weight excluding hydrogens is 504 g/mol. The zero-order valence-corrected chi connectivity index (χ0v) is 21.9. The number of hydrogen-bond donors (Lipinski definition) is 1. The molecule has 1 N–H and O–H groups in total. The van der Waals surface area contributed by atoms with Crippen molar-refractivity contribution < 1.29 is 28.6 Å². The highest BCUT2D eigenvalue weighted by Crippen LogP contribution is 2.32. The van der Waals surface area contributed by atoms with Crippen molar-refractivity contribution in [1.82, 2.24) is 14.9 Å². The molecule has 204 valence electrons. The van der Waals surface area contributed by atoms with Crippen LogP contribution in [0, 0.1) is 11.3 Å². The second-order valence-corrected chi connectivity index (χ2v) is 9.78. The molecule has 0 radical (unpaired) electrons. The highest BCUT2D eigenvalue weighted by atomic mass is 16.5. The van der Waals surface area contributed by atoms with E-state index in [2.05, 4.69) is 21.4 Å². The van der Waals surface area contributed by atoms with Gasteiger partial charge in [-0.05, 0) is 37.3 Å². The Morgan fingerprint density at radius 2 is 2.03 bits per heavy atom. The van der Waals surface area contributed by atoms with Gasteiger partial charge in [0.05, 0.1) is 12.3 Å². The number of fused-ring (bicyclic) bond motifs is 1. The second kappa shape index (κ2) is 11.3. The van der Waals surface area contributed by atoms with E-state index in [0.29, 0.717) is 55.8 Å². The fraction of sp³-hybridized carbons (Fsp3) is 0.481. The second-order valence-electron chi connectivity index (χ2n) is 9.78. The van der Waals surface area contributed by atoms with Crippen molar-refractivity contribution in [2.45, 2.75) is 57.0 Å². The van der Waals surface area contributed by atoms with Crippen molar-refractivity contribution in [1.29, 1.82) is 5.26 Å². The molecule has 1 saturated carbocycles. The van der Waals surface area contributed by atoms with E-state index in [1.165, 1.54) is 24.3 Å². The predicted octanol–water partition coefficient (Wildman–Crippen LogP) is 2.45. The van der Waals surface area contributed by atoms with Gasteiger partial charge in [-0.25, -0.2) is 14.8 Å². The largest absolute Gasteiger partial charge is 0.486 e. The lowest BCUT2D eigenvalue weighted by molar-refractivity contribution is -0.136. The van der Waals surface area contributed by atoms with Crippen molar-refractivity contribution in [3.8, 4) is 11.8 Å². The Morgan fingerprint density at radius 3 is 2.69 bits per heavy atom. The molecule has 4 heterocycles. The lowest BCUT2D eigenvalue weighted by atomic mass is 9.92. The van der Waals surface area contributed by atoms with Gasteiger partial charge in [0, 0.05) is 51.9 Å². The van der Waals surface area contributed by atoms with E-state index in [9.17, 15) is 19.6 Å². The Labute approximate surface area is 225 Å². The van der Waals surface area contributed by atoms with E-state index in [-0.39, 0.29) is 41.7 Å². The summed E-state index contributed by atoms with van der Waals surface area (Å²) >= 11 is 0. The number of carbonyl (C=O) groups excluding carboxylic acids is 3. The van der Waals surface area contributed by atoms with Crippen LogP contribution in [0.5, 0.6) is 5.75 Å². The van der Waals surface area contributed by atoms with E-state index < -0.39 is 12.1 Å². The summed E-state index contributed by atoms with van der Waals surface area (Å²) in [6.07, 6.45) is 5.00. The molecule has 1 aliphatic carbocycles. The molecule has 0 bridgehead atoms. The Balaban J connectivity index is 1.34. The molecule has 39 heavy (non-hydrogen) atoms. The molecule has 2 aliphatic heterocycles. The van der Waals surface area contributed by atoms with E-state index in [1.807, 2.05) is 6.07 Å². The first-order valence-corrected chi connectivity index (χ1v) is 12.9. The summed E-state index contributed by atoms with van der Waals surface area (Å²) in [5.41, 5.74) is 1.90. The van der Waals surface area contributed by atoms with Gasteiger partial charge in [-0.3, -0.25) is 19.8 Å². The van der Waals surface area contributed by atoms with Crippen LogP contribution in [-0.4, -0.2) is 78.7 Å². The minimum atomic E-state index is -0.466. The van der Waals surface area contributed by atoms with Crippen LogP contribution < -0.4 is 15.0 Å². The van der Waals surface area contributed by atoms with Crippen LogP contribution in [0.25, 0.3) is 0 Å². The maximum atomic E-state index is 13.3. The average Bonchev–Trinajstić information content (AvgIpc) is 3.29. The summed E-state index contributed by atoms with van der Waals surface area (Å²) in [6.45, 7) is 1.19. The number of methoxy groups -OCH3 is 2. The molecule has 1 saturated heterocycles. The van der Waals surface area contributed by atoms with Gasteiger partial charge in [-0.15, -0.1) is 0 Å². The SMILES string of the molecule is COC1CCN(Cc2cc3c(nc2C=O)N(C(=O)Nc2cc(OC4CCC4OC)c(C#N)cn2)CCC3)C1=O. The molecule has 12 heteroatoms. The molecule has 0 spiro atoms. The Hall–Kier alpha value is -4.08. The lowest BCUT2D eigenvalue weighted by Gasteiger charge is -2.35. The number of aryl methyl sites for hydroxylation is 1. The number of anilines is 2. The van der Waals surface area contributed by atoms with E-state index >= 15 is 0 Å². The summed E-state index contributed by atoms with van der Waals surface area (Å²) in [5, 5.41) is 12.2. The number of nitrogens with one attached hydrogen (secondary N) is 1. The number of nitrogens with zero attached hydrogens (tertiary/aromatic N) is 5. The van der Waals surface area contributed by atoms with Crippen molar-refractivity contribution in [2.24, 2.45) is 0 Å². The number of hydrogen-bond acceptors (Lipinski definition) is 9. The Morgan fingerprint density at radius 1 is 1.21 bits per heavy atom. The maximum Gasteiger partial charge on any atom is 0.328 e. The lowest BCUT2D eigenvalue weighted by Crippen LogP contribution is -2.42. The molecule has 3 amide bonds. The highest BCUT2D eigenvalue weighted by molar-refractivity contribution is 6.01. The zero-order valence-electron chi connectivity index (χ0n) is 21.9. The number of ether oxygens (including phenoxy) is 3. The van der Waals surface area contributed by atoms with Gasteiger partial charge in [0.2, 0.25) is 0 Å². The van der Waals surface area contributed by atoms with Gasteiger partial charge in [-0.1, -0.05) is 0 Å². The summed E-state index contributed by atoms with van der Waals surface area (Å²) < 4.78 is 16.6. The molecule has 2 aromatic rings. The van der Waals surface area contributed by atoms with Gasteiger partial charge < -0.3 is 19.1 Å². The van der Waals surface area contributed by atoms with Crippen LogP contribution >= 0.6 is 0 Å². The van der Waals surface area contributed by atoms with Gasteiger partial charge in [0.1, 0.15) is 46.9 Å². The van der Waals surface area contributed by atoms with Crippen molar-refractivity contribution in [3.05, 3.63) is 40.7 Å². The topological polar surface area (TPSA) is 147 Å². The molecule has 3 atom stereocenters. The van der Waals surface area contributed by atoms with E-state index in [0.717, 1.165) is 18.4 Å². The maximum absolute atomic E-state index is 13.3. The third kappa shape index (κ3) is 5.28. The normalized spacial score (nSPS) is 22.1. The van der Waals surface area contributed by atoms with E-state index in [1.54, 1.807) is 12.0 Å². The molecule has 0 aromatic carbocycles. The fourth-order valence-electron chi connectivity index (χ4n) is 5.15. The van der Waals surface area contributed by atoms with Crippen LogP contribution in [0.15, 0.2) is 18.3 Å². The number of nitriles is 1. The van der Waals surface area contributed by atoms with Crippen molar-refractivity contribution >= 4 is 29.9 Å². The van der Waals surface area contributed by atoms with Gasteiger partial charge in [0.15, 0.2) is 6.29 Å². The highest BCUT2D eigenvalue weighted by Gasteiger charge is 2.34. The smallest absolute Gasteiger partial charge is 0.328 e. The molecular formula is C27H30N6O6. The van der Waals surface area contributed by atoms with Gasteiger partial charge in [0.25, 0.3) is 5.91 Å². The van der Waals surface area contributed by atoms with Crippen LogP contribution in [-0.2, 0) is 27.2 Å². The number of urea groups is 1. The van der Waals surface area contributed by atoms with Crippen LogP contribution in [0.1, 0.15) is 52.9 Å². The van der Waals surface area contributed by atoms with Crippen LogP contribution in [0.4, 0.5) is 16.4 Å².